The number of ether oxygens (including phenoxy) is 1. The lowest BCUT2D eigenvalue weighted by atomic mass is 10.2. The third-order valence-electron chi connectivity index (χ3n) is 3.62. The Hall–Kier alpha value is -3.22. The first-order valence-corrected chi connectivity index (χ1v) is 7.32. The summed E-state index contributed by atoms with van der Waals surface area (Å²) in [6.45, 7) is 3.62. The van der Waals surface area contributed by atoms with Gasteiger partial charge in [0, 0.05) is 17.8 Å². The van der Waals surface area contributed by atoms with E-state index in [0.29, 0.717) is 11.3 Å². The highest BCUT2D eigenvalue weighted by molar-refractivity contribution is 5.48. The van der Waals surface area contributed by atoms with Gasteiger partial charge in [0.1, 0.15) is 12.3 Å². The van der Waals surface area contributed by atoms with Crippen LogP contribution in [0.5, 0.6) is 5.75 Å². The molecule has 0 aliphatic heterocycles. The quantitative estimate of drug-likeness (QED) is 0.544. The van der Waals surface area contributed by atoms with Crippen LogP contribution < -0.4 is 10.3 Å². The lowest BCUT2D eigenvalue weighted by Crippen LogP contribution is -2.18. The molecule has 0 unspecified atom stereocenters. The van der Waals surface area contributed by atoms with Crippen molar-refractivity contribution in [2.45, 2.75) is 20.5 Å². The van der Waals surface area contributed by atoms with Gasteiger partial charge in [-0.1, -0.05) is 12.1 Å². The predicted molar refractivity (Wildman–Crippen MR) is 88.4 cm³/mol. The number of nitro groups is 1. The average Bonchev–Trinajstić information content (AvgIpc) is 2.52. The zero-order chi connectivity index (χ0) is 17.3. The smallest absolute Gasteiger partial charge is 0.310 e. The number of fused-ring (bicyclic) bond motifs is 1. The summed E-state index contributed by atoms with van der Waals surface area (Å²) in [5, 5.41) is 11.1. The molecule has 0 aliphatic carbocycles. The van der Waals surface area contributed by atoms with Gasteiger partial charge in [0.2, 0.25) is 0 Å². The van der Waals surface area contributed by atoms with E-state index >= 15 is 0 Å². The minimum Gasteiger partial charge on any atom is -0.480 e. The van der Waals surface area contributed by atoms with Crippen LogP contribution in [0.3, 0.4) is 0 Å². The first-order chi connectivity index (χ1) is 11.5. The van der Waals surface area contributed by atoms with Crippen LogP contribution in [0.2, 0.25) is 0 Å². The van der Waals surface area contributed by atoms with Gasteiger partial charge in [-0.2, -0.15) is 0 Å². The summed E-state index contributed by atoms with van der Waals surface area (Å²) in [6.07, 6.45) is 0. The maximum absolute atomic E-state index is 12.2. The molecule has 3 rings (SSSR count). The summed E-state index contributed by atoms with van der Waals surface area (Å²) in [5.41, 5.74) is 2.23. The van der Waals surface area contributed by atoms with Crippen molar-refractivity contribution in [2.75, 3.05) is 0 Å². The van der Waals surface area contributed by atoms with Crippen molar-refractivity contribution >= 4 is 11.3 Å². The van der Waals surface area contributed by atoms with Crippen LogP contribution >= 0.6 is 0 Å². The Balaban J connectivity index is 1.93. The number of aromatic nitrogens is 2. The number of nitrogens with zero attached hydrogens (tertiary/aromatic N) is 3. The second kappa shape index (κ2) is 6.11. The lowest BCUT2D eigenvalue weighted by molar-refractivity contribution is -0.386. The number of aryl methyl sites for hydroxylation is 2. The van der Waals surface area contributed by atoms with Gasteiger partial charge in [-0.25, -0.2) is 4.98 Å². The highest BCUT2D eigenvalue weighted by atomic mass is 16.6. The van der Waals surface area contributed by atoms with E-state index in [2.05, 4.69) is 4.98 Å². The van der Waals surface area contributed by atoms with E-state index in [1.54, 1.807) is 18.2 Å². The topological polar surface area (TPSA) is 86.7 Å². The van der Waals surface area contributed by atoms with Crippen LogP contribution in [-0.4, -0.2) is 14.3 Å². The van der Waals surface area contributed by atoms with Crippen LogP contribution in [-0.2, 0) is 6.61 Å². The largest absolute Gasteiger partial charge is 0.480 e. The van der Waals surface area contributed by atoms with Crippen molar-refractivity contribution in [3.05, 3.63) is 79.9 Å². The monoisotopic (exact) mass is 325 g/mol. The molecule has 0 fully saturated rings. The Kier molecular flexibility index (Phi) is 3.99. The molecule has 0 N–H and O–H groups in total. The fourth-order valence-electron chi connectivity index (χ4n) is 2.48. The van der Waals surface area contributed by atoms with Crippen molar-refractivity contribution in [1.82, 2.24) is 9.38 Å². The van der Waals surface area contributed by atoms with Gasteiger partial charge < -0.3 is 4.74 Å². The minimum atomic E-state index is -0.499. The molecule has 1 aromatic carbocycles. The predicted octanol–water partition coefficient (Wildman–Crippen LogP) is 2.80. The Bertz CT molecular complexity index is 995. The van der Waals surface area contributed by atoms with Gasteiger partial charge in [-0.3, -0.25) is 19.3 Å². The molecule has 7 nitrogen and oxygen atoms in total. The van der Waals surface area contributed by atoms with Gasteiger partial charge in [0.25, 0.3) is 5.56 Å². The zero-order valence-corrected chi connectivity index (χ0v) is 13.2. The first-order valence-electron chi connectivity index (χ1n) is 7.32. The molecule has 0 spiro atoms. The third kappa shape index (κ3) is 2.96. The van der Waals surface area contributed by atoms with Crippen molar-refractivity contribution < 1.29 is 9.66 Å². The summed E-state index contributed by atoms with van der Waals surface area (Å²) in [5.74, 6) is 0.159. The second-order valence-corrected chi connectivity index (χ2v) is 5.46. The average molecular weight is 325 g/mol. The highest BCUT2D eigenvalue weighted by Crippen LogP contribution is 2.28. The van der Waals surface area contributed by atoms with E-state index in [1.807, 2.05) is 26.0 Å². The van der Waals surface area contributed by atoms with Crippen molar-refractivity contribution in [2.24, 2.45) is 0 Å². The molecule has 7 heteroatoms. The van der Waals surface area contributed by atoms with Gasteiger partial charge in [-0.15, -0.1) is 0 Å². The Morgan fingerprint density at radius 1 is 1.21 bits per heavy atom. The summed E-state index contributed by atoms with van der Waals surface area (Å²) < 4.78 is 7.05. The maximum atomic E-state index is 12.2. The van der Waals surface area contributed by atoms with Gasteiger partial charge in [-0.05, 0) is 37.6 Å². The second-order valence-electron chi connectivity index (χ2n) is 5.46. The van der Waals surface area contributed by atoms with E-state index in [-0.39, 0.29) is 23.6 Å². The number of hydrogen-bond acceptors (Lipinski definition) is 5. The minimum absolute atomic E-state index is 0.0238. The Morgan fingerprint density at radius 2 is 2.00 bits per heavy atom. The Morgan fingerprint density at radius 3 is 2.75 bits per heavy atom. The molecule has 0 bridgehead atoms. The van der Waals surface area contributed by atoms with Crippen molar-refractivity contribution in [1.29, 1.82) is 0 Å². The molecule has 122 valence electrons. The molecular formula is C17H15N3O4. The van der Waals surface area contributed by atoms with Crippen LogP contribution in [0.15, 0.2) is 47.3 Å². The molecule has 2 heterocycles. The van der Waals surface area contributed by atoms with Gasteiger partial charge in [0.15, 0.2) is 5.75 Å². The van der Waals surface area contributed by atoms with Crippen LogP contribution in [0.4, 0.5) is 5.69 Å². The normalized spacial score (nSPS) is 10.8. The van der Waals surface area contributed by atoms with E-state index < -0.39 is 4.92 Å². The number of nitro benzene ring substituents is 1. The van der Waals surface area contributed by atoms with Crippen LogP contribution in [0, 0.1) is 24.0 Å². The van der Waals surface area contributed by atoms with E-state index in [4.69, 9.17) is 4.74 Å². The highest BCUT2D eigenvalue weighted by Gasteiger charge is 2.15. The van der Waals surface area contributed by atoms with Gasteiger partial charge >= 0.3 is 5.69 Å². The Labute approximate surface area is 137 Å². The first kappa shape index (κ1) is 15.7. The molecule has 24 heavy (non-hydrogen) atoms. The summed E-state index contributed by atoms with van der Waals surface area (Å²) >= 11 is 0. The van der Waals surface area contributed by atoms with Crippen LogP contribution in [0.25, 0.3) is 5.65 Å². The SMILES string of the molecule is Cc1ccc([N+](=O)[O-])c(OCc2cc(=O)n3c(C)cccc3n2)c1. The maximum Gasteiger partial charge on any atom is 0.310 e. The van der Waals surface area contributed by atoms with Crippen molar-refractivity contribution in [3.63, 3.8) is 0 Å². The molecule has 0 radical (unpaired) electrons. The molecular weight excluding hydrogens is 310 g/mol. The number of hydrogen-bond donors (Lipinski definition) is 0. The molecule has 0 saturated heterocycles. The fourth-order valence-corrected chi connectivity index (χ4v) is 2.48. The van der Waals surface area contributed by atoms with E-state index in [9.17, 15) is 14.9 Å². The molecule has 0 aliphatic rings. The summed E-state index contributed by atoms with van der Waals surface area (Å²) in [4.78, 5) is 27.2. The molecule has 3 aromatic rings. The molecule has 0 amide bonds. The summed E-state index contributed by atoms with van der Waals surface area (Å²) in [6, 6.07) is 11.4. The third-order valence-corrected chi connectivity index (χ3v) is 3.62. The molecule has 2 aromatic heterocycles. The number of benzene rings is 1. The van der Waals surface area contributed by atoms with Crippen LogP contribution in [0.1, 0.15) is 17.0 Å². The van der Waals surface area contributed by atoms with E-state index in [0.717, 1.165) is 11.3 Å². The number of pyridine rings is 1. The molecule has 0 atom stereocenters. The lowest BCUT2D eigenvalue weighted by Gasteiger charge is -2.09. The van der Waals surface area contributed by atoms with Gasteiger partial charge in [0.05, 0.1) is 10.6 Å². The van der Waals surface area contributed by atoms with Crippen molar-refractivity contribution in [3.8, 4) is 5.75 Å². The van der Waals surface area contributed by atoms with E-state index in [1.165, 1.54) is 16.5 Å². The fraction of sp³-hybridized carbons (Fsp3) is 0.176. The standard InChI is InChI=1S/C17H15N3O4/c1-11-6-7-14(20(22)23)15(8-11)24-10-13-9-17(21)19-12(2)4-3-5-16(19)18-13/h3-9H,10H2,1-2H3. The summed E-state index contributed by atoms with van der Waals surface area (Å²) in [7, 11) is 0. The molecule has 0 saturated carbocycles. The zero-order valence-electron chi connectivity index (χ0n) is 13.2. The number of rotatable bonds is 4.